The Hall–Kier alpha value is -2.59. The van der Waals surface area contributed by atoms with Gasteiger partial charge in [-0.15, -0.1) is 0 Å². The van der Waals surface area contributed by atoms with Gasteiger partial charge in [0.15, 0.2) is 0 Å². The fraction of sp³-hybridized carbons (Fsp3) is 0. The van der Waals surface area contributed by atoms with E-state index in [2.05, 4.69) is 0 Å². The van der Waals surface area contributed by atoms with Crippen LogP contribution in [0.5, 0.6) is 0 Å². The molecule has 0 aliphatic heterocycles. The largest absolute Gasteiger partial charge is 0.478 e. The summed E-state index contributed by atoms with van der Waals surface area (Å²) >= 11 is 6.01. The van der Waals surface area contributed by atoms with Crippen LogP contribution in [-0.2, 0) is 0 Å². The Balaban J connectivity index is 2.21. The third-order valence-electron chi connectivity index (χ3n) is 2.86. The molecule has 106 valence electrons. The highest BCUT2D eigenvalue weighted by Gasteiger charge is 2.05. The van der Waals surface area contributed by atoms with Crippen molar-refractivity contribution in [2.24, 2.45) is 0 Å². The predicted molar refractivity (Wildman–Crippen MR) is 80.7 cm³/mol. The lowest BCUT2D eigenvalue weighted by Gasteiger charge is -2.01. The molecule has 2 aromatic rings. The van der Waals surface area contributed by atoms with Gasteiger partial charge in [0.05, 0.1) is 11.1 Å². The number of rotatable bonds is 4. The van der Waals surface area contributed by atoms with E-state index in [4.69, 9.17) is 21.8 Å². The molecule has 2 N–H and O–H groups in total. The molecule has 0 fully saturated rings. The first-order valence-electron chi connectivity index (χ1n) is 6.01. The summed E-state index contributed by atoms with van der Waals surface area (Å²) in [6, 6.07) is 10.9. The predicted octanol–water partition coefficient (Wildman–Crippen LogP) is 3.91. The maximum Gasteiger partial charge on any atom is 0.335 e. The van der Waals surface area contributed by atoms with Crippen LogP contribution in [0.1, 0.15) is 31.8 Å². The van der Waals surface area contributed by atoms with E-state index >= 15 is 0 Å². The van der Waals surface area contributed by atoms with Crippen LogP contribution in [-0.4, -0.2) is 22.2 Å². The summed E-state index contributed by atoms with van der Waals surface area (Å²) in [7, 11) is 0. The molecule has 2 aromatic carbocycles. The summed E-state index contributed by atoms with van der Waals surface area (Å²) in [5.74, 6) is -2.01. The van der Waals surface area contributed by atoms with Crippen molar-refractivity contribution in [1.82, 2.24) is 0 Å². The van der Waals surface area contributed by atoms with Crippen molar-refractivity contribution in [2.75, 3.05) is 0 Å². The Morgan fingerprint density at radius 3 is 1.95 bits per heavy atom. The Labute approximate surface area is 125 Å². The minimum Gasteiger partial charge on any atom is -0.478 e. The van der Waals surface area contributed by atoms with E-state index in [1.165, 1.54) is 24.3 Å². The molecule has 21 heavy (non-hydrogen) atoms. The molecule has 0 aromatic heterocycles. The maximum absolute atomic E-state index is 10.8. The average molecular weight is 303 g/mol. The first kappa shape index (κ1) is 14.8. The summed E-state index contributed by atoms with van der Waals surface area (Å²) in [5, 5.41) is 18.0. The smallest absolute Gasteiger partial charge is 0.335 e. The summed E-state index contributed by atoms with van der Waals surface area (Å²) in [4.78, 5) is 21.5. The van der Waals surface area contributed by atoms with E-state index in [0.29, 0.717) is 10.6 Å². The number of benzene rings is 2. The fourth-order valence-electron chi connectivity index (χ4n) is 1.72. The summed E-state index contributed by atoms with van der Waals surface area (Å²) in [6.07, 6.45) is 3.51. The summed E-state index contributed by atoms with van der Waals surface area (Å²) in [5.41, 5.74) is 1.85. The number of hydrogen-bond donors (Lipinski definition) is 2. The second kappa shape index (κ2) is 6.24. The van der Waals surface area contributed by atoms with Crippen molar-refractivity contribution in [3.63, 3.8) is 0 Å². The van der Waals surface area contributed by atoms with Gasteiger partial charge in [-0.1, -0.05) is 42.0 Å². The Morgan fingerprint density at radius 2 is 1.43 bits per heavy atom. The Kier molecular flexibility index (Phi) is 4.40. The van der Waals surface area contributed by atoms with E-state index in [-0.39, 0.29) is 11.1 Å². The quantitative estimate of drug-likeness (QED) is 0.840. The summed E-state index contributed by atoms with van der Waals surface area (Å²) < 4.78 is 0. The molecule has 0 aliphatic rings. The first-order chi connectivity index (χ1) is 9.97. The van der Waals surface area contributed by atoms with Crippen molar-refractivity contribution >= 4 is 35.7 Å². The lowest BCUT2D eigenvalue weighted by molar-refractivity contribution is 0.0686. The van der Waals surface area contributed by atoms with Crippen LogP contribution >= 0.6 is 11.6 Å². The molecule has 0 spiro atoms. The molecule has 0 heterocycles. The number of aromatic carboxylic acids is 2. The van der Waals surface area contributed by atoms with Crippen LogP contribution in [0.2, 0.25) is 5.02 Å². The van der Waals surface area contributed by atoms with Gasteiger partial charge < -0.3 is 10.2 Å². The molecule has 0 unspecified atom stereocenters. The van der Waals surface area contributed by atoms with Gasteiger partial charge in [0.25, 0.3) is 0 Å². The van der Waals surface area contributed by atoms with E-state index < -0.39 is 11.9 Å². The van der Waals surface area contributed by atoms with Gasteiger partial charge >= 0.3 is 11.9 Å². The van der Waals surface area contributed by atoms with E-state index in [0.717, 1.165) is 5.56 Å². The SMILES string of the molecule is O=C(O)c1ccc(/C=C/c2ccc(C(=O)O)cc2Cl)cc1. The zero-order chi connectivity index (χ0) is 15.4. The highest BCUT2D eigenvalue weighted by atomic mass is 35.5. The van der Waals surface area contributed by atoms with Gasteiger partial charge in [-0.25, -0.2) is 9.59 Å². The van der Waals surface area contributed by atoms with Crippen molar-refractivity contribution in [3.8, 4) is 0 Å². The molecular weight excluding hydrogens is 292 g/mol. The van der Waals surface area contributed by atoms with Crippen LogP contribution in [0.4, 0.5) is 0 Å². The van der Waals surface area contributed by atoms with Gasteiger partial charge in [-0.05, 0) is 35.4 Å². The van der Waals surface area contributed by atoms with Crippen molar-refractivity contribution in [2.45, 2.75) is 0 Å². The molecule has 2 rings (SSSR count). The molecule has 0 amide bonds. The van der Waals surface area contributed by atoms with E-state index in [9.17, 15) is 9.59 Å². The second-order valence-corrected chi connectivity index (χ2v) is 4.71. The number of halogens is 1. The molecule has 0 saturated heterocycles. The van der Waals surface area contributed by atoms with Gasteiger partial charge in [0.2, 0.25) is 0 Å². The zero-order valence-electron chi connectivity index (χ0n) is 10.8. The molecular formula is C16H11ClO4. The Morgan fingerprint density at radius 1 is 0.857 bits per heavy atom. The minimum absolute atomic E-state index is 0.128. The van der Waals surface area contributed by atoms with E-state index in [1.807, 2.05) is 0 Å². The standard InChI is InChI=1S/C16H11ClO4/c17-14-9-13(16(20)21)8-7-11(14)4-1-10-2-5-12(6-3-10)15(18)19/h1-9H,(H,18,19)(H,20,21)/b4-1+. The highest BCUT2D eigenvalue weighted by Crippen LogP contribution is 2.20. The number of carboxylic acids is 2. The lowest BCUT2D eigenvalue weighted by Crippen LogP contribution is -1.95. The minimum atomic E-state index is -1.03. The second-order valence-electron chi connectivity index (χ2n) is 4.30. The van der Waals surface area contributed by atoms with E-state index in [1.54, 1.807) is 30.4 Å². The summed E-state index contributed by atoms with van der Waals surface area (Å²) in [6.45, 7) is 0. The zero-order valence-corrected chi connectivity index (χ0v) is 11.5. The van der Waals surface area contributed by atoms with Gasteiger partial charge in [0, 0.05) is 5.02 Å². The molecule has 5 heteroatoms. The molecule has 0 atom stereocenters. The lowest BCUT2D eigenvalue weighted by atomic mass is 10.1. The van der Waals surface area contributed by atoms with Crippen molar-refractivity contribution < 1.29 is 19.8 Å². The monoisotopic (exact) mass is 302 g/mol. The van der Waals surface area contributed by atoms with Crippen LogP contribution in [0.15, 0.2) is 42.5 Å². The highest BCUT2D eigenvalue weighted by molar-refractivity contribution is 6.32. The van der Waals surface area contributed by atoms with Gasteiger partial charge in [-0.3, -0.25) is 0 Å². The van der Waals surface area contributed by atoms with Gasteiger partial charge in [-0.2, -0.15) is 0 Å². The normalized spacial score (nSPS) is 10.7. The van der Waals surface area contributed by atoms with Gasteiger partial charge in [0.1, 0.15) is 0 Å². The number of hydrogen-bond acceptors (Lipinski definition) is 2. The van der Waals surface area contributed by atoms with Crippen LogP contribution < -0.4 is 0 Å². The van der Waals surface area contributed by atoms with Crippen molar-refractivity contribution in [3.05, 3.63) is 69.7 Å². The fourth-order valence-corrected chi connectivity index (χ4v) is 1.96. The maximum atomic E-state index is 10.8. The van der Waals surface area contributed by atoms with Crippen LogP contribution in [0.25, 0.3) is 12.2 Å². The molecule has 0 saturated carbocycles. The molecule has 4 nitrogen and oxygen atoms in total. The van der Waals surface area contributed by atoms with Crippen LogP contribution in [0, 0.1) is 0 Å². The number of carboxylic acid groups (broad SMARTS) is 2. The Bertz CT molecular complexity index is 718. The third kappa shape index (κ3) is 3.70. The topological polar surface area (TPSA) is 74.6 Å². The molecule has 0 aliphatic carbocycles. The molecule has 0 bridgehead atoms. The van der Waals surface area contributed by atoms with Crippen LogP contribution in [0.3, 0.4) is 0 Å². The number of carbonyl (C=O) groups is 2. The first-order valence-corrected chi connectivity index (χ1v) is 6.39. The third-order valence-corrected chi connectivity index (χ3v) is 3.19. The van der Waals surface area contributed by atoms with Crippen molar-refractivity contribution in [1.29, 1.82) is 0 Å². The molecule has 0 radical (unpaired) electrons. The average Bonchev–Trinajstić information content (AvgIpc) is 2.46.